The summed E-state index contributed by atoms with van der Waals surface area (Å²) in [5, 5.41) is 0. The Morgan fingerprint density at radius 1 is 1.33 bits per heavy atom. The molecule has 54 valence electrons. The molecule has 0 aromatic carbocycles. The topological polar surface area (TPSA) is 9.23 Å². The largest absolute Gasteiger partial charge is 0.376 e. The smallest absolute Gasteiger partial charge is 0.0633 e. The van der Waals surface area contributed by atoms with Gasteiger partial charge in [0.15, 0.2) is 0 Å². The Bertz CT molecular complexity index is 86.9. The summed E-state index contributed by atoms with van der Waals surface area (Å²) in [7, 11) is 0. The van der Waals surface area contributed by atoms with Crippen LogP contribution in [0, 0.1) is 11.8 Å². The first-order valence-electron chi connectivity index (χ1n) is 3.45. The van der Waals surface area contributed by atoms with E-state index in [0.717, 1.165) is 11.8 Å². The lowest BCUT2D eigenvalue weighted by Gasteiger charge is -1.96. The molecule has 1 fully saturated rings. The van der Waals surface area contributed by atoms with Gasteiger partial charge in [0.05, 0.1) is 12.7 Å². The predicted molar refractivity (Wildman–Crippen MR) is 38.8 cm³/mol. The van der Waals surface area contributed by atoms with Crippen LogP contribution in [-0.2, 0) is 4.74 Å². The standard InChI is InChI=1S/C7H13ClO/c1-5-6(2)7(5)9-4-3-8/h5-7H,3-4H2,1-2H3/t5-,6-/m1/s1. The minimum absolute atomic E-state index is 0.503. The van der Waals surface area contributed by atoms with Gasteiger partial charge in [0.2, 0.25) is 0 Å². The van der Waals surface area contributed by atoms with E-state index >= 15 is 0 Å². The third-order valence-corrected chi connectivity index (χ3v) is 2.27. The highest BCUT2D eigenvalue weighted by Gasteiger charge is 2.43. The highest BCUT2D eigenvalue weighted by Crippen LogP contribution is 2.40. The van der Waals surface area contributed by atoms with Crippen molar-refractivity contribution < 1.29 is 4.74 Å². The molecule has 0 aliphatic heterocycles. The summed E-state index contributed by atoms with van der Waals surface area (Å²) in [5.74, 6) is 2.14. The molecule has 0 N–H and O–H groups in total. The Morgan fingerprint density at radius 3 is 2.22 bits per heavy atom. The number of hydrogen-bond acceptors (Lipinski definition) is 1. The maximum absolute atomic E-state index is 5.44. The van der Waals surface area contributed by atoms with Crippen LogP contribution < -0.4 is 0 Å². The van der Waals surface area contributed by atoms with Gasteiger partial charge in [-0.2, -0.15) is 0 Å². The van der Waals surface area contributed by atoms with Crippen molar-refractivity contribution >= 4 is 11.6 Å². The van der Waals surface area contributed by atoms with E-state index in [0.29, 0.717) is 18.6 Å². The van der Waals surface area contributed by atoms with E-state index in [1.807, 2.05) is 0 Å². The van der Waals surface area contributed by atoms with Gasteiger partial charge in [-0.1, -0.05) is 13.8 Å². The van der Waals surface area contributed by atoms with Crippen LogP contribution in [0.5, 0.6) is 0 Å². The molecule has 0 radical (unpaired) electrons. The molecule has 0 amide bonds. The van der Waals surface area contributed by atoms with Crippen LogP contribution in [0.4, 0.5) is 0 Å². The fraction of sp³-hybridized carbons (Fsp3) is 1.00. The zero-order valence-electron chi connectivity index (χ0n) is 5.93. The molecule has 0 saturated heterocycles. The zero-order chi connectivity index (χ0) is 6.85. The molecule has 0 heterocycles. The van der Waals surface area contributed by atoms with Crippen molar-refractivity contribution in [3.63, 3.8) is 0 Å². The van der Waals surface area contributed by atoms with Gasteiger partial charge in [-0.3, -0.25) is 0 Å². The molecule has 1 aliphatic rings. The molecule has 1 rings (SSSR count). The molecule has 9 heavy (non-hydrogen) atoms. The molecule has 1 saturated carbocycles. The number of alkyl halides is 1. The van der Waals surface area contributed by atoms with Crippen LogP contribution in [0.15, 0.2) is 0 Å². The van der Waals surface area contributed by atoms with Gasteiger partial charge < -0.3 is 4.74 Å². The van der Waals surface area contributed by atoms with Gasteiger partial charge >= 0.3 is 0 Å². The van der Waals surface area contributed by atoms with Gasteiger partial charge in [0.25, 0.3) is 0 Å². The van der Waals surface area contributed by atoms with E-state index in [4.69, 9.17) is 16.3 Å². The highest BCUT2D eigenvalue weighted by molar-refractivity contribution is 6.17. The monoisotopic (exact) mass is 148 g/mol. The van der Waals surface area contributed by atoms with Gasteiger partial charge in [-0.05, 0) is 11.8 Å². The summed E-state index contributed by atoms with van der Waals surface area (Å²) in [6.45, 7) is 5.13. The summed E-state index contributed by atoms with van der Waals surface area (Å²) >= 11 is 5.44. The van der Waals surface area contributed by atoms with Crippen LogP contribution in [0.25, 0.3) is 0 Å². The molecular formula is C7H13ClO. The van der Waals surface area contributed by atoms with Gasteiger partial charge in [-0.15, -0.1) is 11.6 Å². The number of ether oxygens (including phenoxy) is 1. The van der Waals surface area contributed by atoms with Crippen LogP contribution >= 0.6 is 11.6 Å². The molecule has 0 unspecified atom stereocenters. The predicted octanol–water partition coefficient (Wildman–Crippen LogP) is 1.90. The van der Waals surface area contributed by atoms with E-state index in [1.54, 1.807) is 0 Å². The summed E-state index contributed by atoms with van der Waals surface area (Å²) in [6, 6.07) is 0. The maximum Gasteiger partial charge on any atom is 0.0633 e. The zero-order valence-corrected chi connectivity index (χ0v) is 6.69. The first-order chi connectivity index (χ1) is 4.27. The molecule has 2 atom stereocenters. The number of hydrogen-bond donors (Lipinski definition) is 0. The first kappa shape index (κ1) is 7.36. The van der Waals surface area contributed by atoms with Crippen LogP contribution in [0.1, 0.15) is 13.8 Å². The van der Waals surface area contributed by atoms with E-state index < -0.39 is 0 Å². The lowest BCUT2D eigenvalue weighted by molar-refractivity contribution is 0.117. The molecule has 1 nitrogen and oxygen atoms in total. The van der Waals surface area contributed by atoms with E-state index in [1.165, 1.54) is 0 Å². The Labute approximate surface area is 61.3 Å². The van der Waals surface area contributed by atoms with Crippen molar-refractivity contribution in [3.05, 3.63) is 0 Å². The van der Waals surface area contributed by atoms with Crippen molar-refractivity contribution in [2.75, 3.05) is 12.5 Å². The minimum Gasteiger partial charge on any atom is -0.376 e. The van der Waals surface area contributed by atoms with Crippen LogP contribution in [0.3, 0.4) is 0 Å². The maximum atomic E-state index is 5.44. The third kappa shape index (κ3) is 1.59. The van der Waals surface area contributed by atoms with Crippen molar-refractivity contribution in [1.29, 1.82) is 0 Å². The average molecular weight is 149 g/mol. The van der Waals surface area contributed by atoms with Crippen molar-refractivity contribution in [2.45, 2.75) is 20.0 Å². The fourth-order valence-electron chi connectivity index (χ4n) is 1.10. The number of rotatable bonds is 3. The summed E-state index contributed by atoms with van der Waals surface area (Å²) < 4.78 is 5.39. The molecule has 0 bridgehead atoms. The molecule has 2 heteroatoms. The minimum atomic E-state index is 0.503. The number of halogens is 1. The SMILES string of the molecule is C[C@H]1C(OCCCl)[C@@H]1C. The Hall–Kier alpha value is 0.250. The second kappa shape index (κ2) is 2.89. The highest BCUT2D eigenvalue weighted by atomic mass is 35.5. The molecular weight excluding hydrogens is 136 g/mol. The van der Waals surface area contributed by atoms with Crippen molar-refractivity contribution in [2.24, 2.45) is 11.8 Å². The van der Waals surface area contributed by atoms with E-state index in [2.05, 4.69) is 13.8 Å². The second-order valence-electron chi connectivity index (χ2n) is 2.74. The third-order valence-electron chi connectivity index (χ3n) is 2.11. The average Bonchev–Trinajstić information content (AvgIpc) is 2.39. The summed E-state index contributed by atoms with van der Waals surface area (Å²) in [6.07, 6.45) is 0.503. The summed E-state index contributed by atoms with van der Waals surface area (Å²) in [4.78, 5) is 0. The summed E-state index contributed by atoms with van der Waals surface area (Å²) in [5.41, 5.74) is 0. The van der Waals surface area contributed by atoms with Gasteiger partial charge in [0.1, 0.15) is 0 Å². The van der Waals surface area contributed by atoms with Crippen molar-refractivity contribution in [3.8, 4) is 0 Å². The molecule has 0 spiro atoms. The van der Waals surface area contributed by atoms with E-state index in [-0.39, 0.29) is 0 Å². The first-order valence-corrected chi connectivity index (χ1v) is 3.98. The van der Waals surface area contributed by atoms with Gasteiger partial charge in [-0.25, -0.2) is 0 Å². The Balaban J connectivity index is 2.04. The molecule has 1 aliphatic carbocycles. The Morgan fingerprint density at radius 2 is 1.89 bits per heavy atom. The molecule has 0 aromatic rings. The Kier molecular flexibility index (Phi) is 2.36. The normalized spacial score (nSPS) is 41.0. The van der Waals surface area contributed by atoms with Crippen molar-refractivity contribution in [1.82, 2.24) is 0 Å². The van der Waals surface area contributed by atoms with Crippen LogP contribution in [0.2, 0.25) is 0 Å². The lowest BCUT2D eigenvalue weighted by atomic mass is 10.4. The quantitative estimate of drug-likeness (QED) is 0.556. The van der Waals surface area contributed by atoms with Gasteiger partial charge in [0, 0.05) is 5.88 Å². The lowest BCUT2D eigenvalue weighted by Crippen LogP contribution is -1.99. The van der Waals surface area contributed by atoms with E-state index in [9.17, 15) is 0 Å². The second-order valence-corrected chi connectivity index (χ2v) is 3.12. The fourth-order valence-corrected chi connectivity index (χ4v) is 1.19. The van der Waals surface area contributed by atoms with Crippen LogP contribution in [-0.4, -0.2) is 18.6 Å². The molecule has 0 aromatic heterocycles.